The normalized spacial score (nSPS) is 15.8. The zero-order chi connectivity index (χ0) is 35.0. The standard InChI is InChI=1S/C33H39Cl2F2N5O5Si/c1-46-33(45)39-20-10-11-21-25(18-20)40-27(44)9-7-5-6-8-24(38-15-14-26(43)28-23(36)13-12-22(34)29(28)37)32-41-30(21)31(35)42(32)19-47-16-17-48(2,3)4/h5-6,10-13,18,24,38H,7-9,14-17,19H2,1-4H3,(H,39,45)(H,40,44)/b6-5+/t24-/m0/s1. The zero-order valence-corrected chi connectivity index (χ0v) is 29.7. The van der Waals surface area contributed by atoms with Gasteiger partial charge in [-0.3, -0.25) is 19.5 Å². The molecule has 2 aromatic carbocycles. The van der Waals surface area contributed by atoms with Crippen molar-refractivity contribution < 1.29 is 32.6 Å². The van der Waals surface area contributed by atoms with Crippen LogP contribution in [-0.4, -0.2) is 55.7 Å². The molecule has 2 bridgehead atoms. The Morgan fingerprint density at radius 2 is 1.92 bits per heavy atom. The first-order chi connectivity index (χ1) is 22.8. The van der Waals surface area contributed by atoms with Gasteiger partial charge in [-0.25, -0.2) is 18.6 Å². The number of carbonyl (C=O) groups is 3. The van der Waals surface area contributed by atoms with Crippen molar-refractivity contribution in [2.75, 3.05) is 30.9 Å². The maximum atomic E-state index is 14.5. The number of methoxy groups -OCH3 is 1. The largest absolute Gasteiger partial charge is 0.453 e. The van der Waals surface area contributed by atoms with Crippen molar-refractivity contribution in [3.05, 3.63) is 75.7 Å². The lowest BCUT2D eigenvalue weighted by molar-refractivity contribution is -0.116. The SMILES string of the molecule is COC(=O)Nc1ccc2c(c1)NC(=O)CC/C=C/C[C@H](NCCC(=O)c1c(F)ccc(Cl)c1F)c1nc-2c(Cl)n1COCC[Si](C)(C)C. The van der Waals surface area contributed by atoms with Gasteiger partial charge in [0, 0.05) is 45.3 Å². The Morgan fingerprint density at radius 1 is 1.15 bits per heavy atom. The molecule has 3 N–H and O–H groups in total. The summed E-state index contributed by atoms with van der Waals surface area (Å²) in [6, 6.07) is 7.34. The van der Waals surface area contributed by atoms with Crippen LogP contribution in [0.15, 0.2) is 42.5 Å². The lowest BCUT2D eigenvalue weighted by atomic mass is 10.1. The summed E-state index contributed by atoms with van der Waals surface area (Å²) in [5.41, 5.74) is 0.924. The van der Waals surface area contributed by atoms with E-state index >= 15 is 0 Å². The second-order valence-electron chi connectivity index (χ2n) is 12.5. The van der Waals surface area contributed by atoms with E-state index < -0.39 is 43.2 Å². The Labute approximate surface area is 289 Å². The summed E-state index contributed by atoms with van der Waals surface area (Å²) < 4.78 is 41.4. The van der Waals surface area contributed by atoms with Crippen molar-refractivity contribution in [1.82, 2.24) is 14.9 Å². The molecule has 0 spiro atoms. The zero-order valence-electron chi connectivity index (χ0n) is 27.2. The van der Waals surface area contributed by atoms with Crippen LogP contribution in [0.4, 0.5) is 25.0 Å². The molecule has 10 nitrogen and oxygen atoms in total. The number of ether oxygens (including phenoxy) is 2. The molecule has 15 heteroatoms. The van der Waals surface area contributed by atoms with Crippen molar-refractivity contribution >= 4 is 60.4 Å². The van der Waals surface area contributed by atoms with Gasteiger partial charge in [0.25, 0.3) is 0 Å². The second-order valence-corrected chi connectivity index (χ2v) is 18.8. The Hall–Kier alpha value is -3.62. The van der Waals surface area contributed by atoms with E-state index in [4.69, 9.17) is 37.7 Å². The Kier molecular flexibility index (Phi) is 12.9. The minimum atomic E-state index is -1.39. The number of hydrogen-bond acceptors (Lipinski definition) is 7. The number of hydrogen-bond donors (Lipinski definition) is 3. The highest BCUT2D eigenvalue weighted by atomic mass is 35.5. The van der Waals surface area contributed by atoms with E-state index in [9.17, 15) is 23.2 Å². The molecule has 1 aliphatic rings. The number of anilines is 2. The van der Waals surface area contributed by atoms with Gasteiger partial charge in [-0.05, 0) is 49.2 Å². The van der Waals surface area contributed by atoms with Crippen LogP contribution in [0.2, 0.25) is 35.9 Å². The number of carbonyl (C=O) groups excluding carboxylic acids is 3. The smallest absolute Gasteiger partial charge is 0.411 e. The summed E-state index contributed by atoms with van der Waals surface area (Å²) in [5.74, 6) is -2.59. The topological polar surface area (TPSA) is 124 Å². The van der Waals surface area contributed by atoms with E-state index in [1.165, 1.54) is 7.11 Å². The first-order valence-electron chi connectivity index (χ1n) is 15.5. The number of nitrogens with one attached hydrogen (secondary N) is 3. The third kappa shape index (κ3) is 9.72. The van der Waals surface area contributed by atoms with Gasteiger partial charge in [-0.15, -0.1) is 0 Å². The Balaban J connectivity index is 1.72. The van der Waals surface area contributed by atoms with E-state index in [0.29, 0.717) is 47.9 Å². The number of allylic oxidation sites excluding steroid dienone is 1. The third-order valence-electron chi connectivity index (χ3n) is 7.59. The minimum Gasteiger partial charge on any atom is -0.453 e. The van der Waals surface area contributed by atoms with Crippen molar-refractivity contribution in [3.63, 3.8) is 0 Å². The van der Waals surface area contributed by atoms with Gasteiger partial charge < -0.3 is 20.1 Å². The van der Waals surface area contributed by atoms with Gasteiger partial charge in [0.15, 0.2) is 11.6 Å². The van der Waals surface area contributed by atoms with Crippen molar-refractivity contribution in [2.24, 2.45) is 0 Å². The molecule has 1 aliphatic heterocycles. The molecule has 0 radical (unpaired) electrons. The molecule has 3 aromatic rings. The average molecular weight is 723 g/mol. The van der Waals surface area contributed by atoms with Gasteiger partial charge in [0.05, 0.1) is 29.4 Å². The van der Waals surface area contributed by atoms with Gasteiger partial charge in [-0.2, -0.15) is 0 Å². The number of ketones is 1. The molecule has 0 saturated carbocycles. The maximum absolute atomic E-state index is 14.5. The molecule has 0 unspecified atom stereocenters. The summed E-state index contributed by atoms with van der Waals surface area (Å²) in [6.45, 7) is 7.39. The number of Topliss-reactive ketones (excluding diaryl/α,β-unsaturated/α-hetero) is 1. The highest BCUT2D eigenvalue weighted by Gasteiger charge is 2.27. The van der Waals surface area contributed by atoms with Crippen LogP contribution in [-0.2, 0) is 21.0 Å². The van der Waals surface area contributed by atoms with Gasteiger partial charge >= 0.3 is 6.09 Å². The number of amides is 2. The number of rotatable bonds is 11. The van der Waals surface area contributed by atoms with Gasteiger partial charge in [-0.1, -0.05) is 55.0 Å². The number of imidazole rings is 1. The first-order valence-corrected chi connectivity index (χ1v) is 19.9. The number of benzene rings is 2. The van der Waals surface area contributed by atoms with E-state index in [2.05, 4.69) is 35.6 Å². The van der Waals surface area contributed by atoms with Gasteiger partial charge in [0.1, 0.15) is 29.2 Å². The fraction of sp³-hybridized carbons (Fsp3) is 0.394. The van der Waals surface area contributed by atoms with Crippen LogP contribution >= 0.6 is 23.2 Å². The van der Waals surface area contributed by atoms with Crippen LogP contribution < -0.4 is 16.0 Å². The average Bonchev–Trinajstić information content (AvgIpc) is 3.35. The Morgan fingerprint density at radius 3 is 2.65 bits per heavy atom. The number of fused-ring (bicyclic) bond motifs is 4. The maximum Gasteiger partial charge on any atom is 0.411 e. The quantitative estimate of drug-likeness (QED) is 0.0600. The molecule has 4 rings (SSSR count). The minimum absolute atomic E-state index is 0.0538. The molecule has 0 saturated heterocycles. The van der Waals surface area contributed by atoms with Crippen LogP contribution in [0.3, 0.4) is 0 Å². The van der Waals surface area contributed by atoms with Crippen LogP contribution in [0.5, 0.6) is 0 Å². The monoisotopic (exact) mass is 721 g/mol. The molecular formula is C33H39Cl2F2N5O5Si. The van der Waals surface area contributed by atoms with Crippen LogP contribution in [0.25, 0.3) is 11.3 Å². The number of halogens is 4. The first kappa shape index (κ1) is 37.2. The lowest BCUT2D eigenvalue weighted by Crippen LogP contribution is -2.28. The molecule has 2 heterocycles. The highest BCUT2D eigenvalue weighted by molar-refractivity contribution is 6.76. The fourth-order valence-electron chi connectivity index (χ4n) is 4.97. The number of nitrogens with zero attached hydrogens (tertiary/aromatic N) is 2. The predicted molar refractivity (Wildman–Crippen MR) is 185 cm³/mol. The Bertz CT molecular complexity index is 1700. The molecule has 1 aromatic heterocycles. The van der Waals surface area contributed by atoms with E-state index in [1.54, 1.807) is 22.8 Å². The van der Waals surface area contributed by atoms with E-state index in [0.717, 1.165) is 18.2 Å². The summed E-state index contributed by atoms with van der Waals surface area (Å²) >= 11 is 12.8. The van der Waals surface area contributed by atoms with Crippen LogP contribution in [0, 0.1) is 11.6 Å². The molecule has 48 heavy (non-hydrogen) atoms. The summed E-state index contributed by atoms with van der Waals surface area (Å²) in [5, 5.41) is 8.71. The van der Waals surface area contributed by atoms with E-state index in [-0.39, 0.29) is 42.2 Å². The molecule has 258 valence electrons. The molecule has 0 fully saturated rings. The van der Waals surface area contributed by atoms with Gasteiger partial charge in [0.2, 0.25) is 5.91 Å². The van der Waals surface area contributed by atoms with Crippen LogP contribution in [0.1, 0.15) is 47.9 Å². The van der Waals surface area contributed by atoms with Crippen molar-refractivity contribution in [3.8, 4) is 11.3 Å². The summed E-state index contributed by atoms with van der Waals surface area (Å²) in [4.78, 5) is 42.6. The number of aromatic nitrogens is 2. The molecular weight excluding hydrogens is 683 g/mol. The second kappa shape index (κ2) is 16.7. The molecule has 0 aliphatic carbocycles. The van der Waals surface area contributed by atoms with E-state index in [1.807, 2.05) is 12.2 Å². The lowest BCUT2D eigenvalue weighted by Gasteiger charge is -2.20. The summed E-state index contributed by atoms with van der Waals surface area (Å²) in [7, 11) is -0.146. The molecule has 1 atom stereocenters. The highest BCUT2D eigenvalue weighted by Crippen LogP contribution is 2.38. The van der Waals surface area contributed by atoms with Crippen molar-refractivity contribution in [1.29, 1.82) is 0 Å². The fourth-order valence-corrected chi connectivity index (χ4v) is 6.16. The third-order valence-corrected chi connectivity index (χ3v) is 9.97. The predicted octanol–water partition coefficient (Wildman–Crippen LogP) is 8.21. The van der Waals surface area contributed by atoms with Crippen molar-refractivity contribution in [2.45, 2.75) is 64.1 Å². The summed E-state index contributed by atoms with van der Waals surface area (Å²) in [6.07, 6.45) is 3.89. The molecule has 2 amide bonds.